The fraction of sp³-hybridized carbons (Fsp3) is 0.0952. The number of H-pyrrole nitrogens is 1. The highest BCUT2D eigenvalue weighted by Crippen LogP contribution is 2.25. The van der Waals surface area contributed by atoms with Crippen LogP contribution in [-0.2, 0) is 0 Å². The number of ether oxygens (including phenoxy) is 1. The van der Waals surface area contributed by atoms with E-state index in [2.05, 4.69) is 4.98 Å². The molecule has 1 N–H and O–H groups in total. The molecular weight excluding hydrogens is 350 g/mol. The Hall–Kier alpha value is -3.41. The van der Waals surface area contributed by atoms with Gasteiger partial charge in [-0.1, -0.05) is 12.1 Å². The van der Waals surface area contributed by atoms with Crippen molar-refractivity contribution in [3.8, 4) is 22.7 Å². The quantitative estimate of drug-likeness (QED) is 0.577. The molecule has 0 aliphatic carbocycles. The predicted molar refractivity (Wildman–Crippen MR) is 101 cm³/mol. The highest BCUT2D eigenvalue weighted by Gasteiger charge is 2.12. The van der Waals surface area contributed by atoms with Crippen LogP contribution in [0.25, 0.3) is 27.8 Å². The zero-order valence-corrected chi connectivity index (χ0v) is 14.7. The number of nitrogens with one attached hydrogen (secondary N) is 1. The van der Waals surface area contributed by atoms with Crippen molar-refractivity contribution in [1.82, 2.24) is 9.55 Å². The largest absolute Gasteiger partial charge is 0.497 e. The zero-order valence-electron chi connectivity index (χ0n) is 14.7. The van der Waals surface area contributed by atoms with Gasteiger partial charge in [-0.05, 0) is 36.8 Å². The number of benzene rings is 2. The summed E-state index contributed by atoms with van der Waals surface area (Å²) in [6.45, 7) is 1.77. The Morgan fingerprint density at radius 2 is 1.67 bits per heavy atom. The lowest BCUT2D eigenvalue weighted by Crippen LogP contribution is -2.09. The molecule has 0 bridgehead atoms. The van der Waals surface area contributed by atoms with E-state index in [1.807, 2.05) is 0 Å². The predicted octanol–water partition coefficient (Wildman–Crippen LogP) is 4.58. The van der Waals surface area contributed by atoms with Crippen LogP contribution in [0.1, 0.15) is 5.56 Å². The Kier molecular flexibility index (Phi) is 4.03. The van der Waals surface area contributed by atoms with Crippen molar-refractivity contribution in [1.29, 1.82) is 0 Å². The third kappa shape index (κ3) is 2.89. The Morgan fingerprint density at radius 1 is 1.00 bits per heavy atom. The molecule has 0 atom stereocenters. The number of methoxy groups -OCH3 is 1. The third-order valence-electron chi connectivity index (χ3n) is 4.63. The van der Waals surface area contributed by atoms with Crippen molar-refractivity contribution < 1.29 is 13.5 Å². The number of aromatic nitrogens is 2. The molecule has 6 heteroatoms. The molecule has 0 amide bonds. The van der Waals surface area contributed by atoms with Gasteiger partial charge in [-0.25, -0.2) is 8.78 Å². The van der Waals surface area contributed by atoms with E-state index in [1.54, 1.807) is 56.5 Å². The highest BCUT2D eigenvalue weighted by atomic mass is 19.2. The minimum absolute atomic E-state index is 0.0555. The van der Waals surface area contributed by atoms with Crippen LogP contribution in [0.3, 0.4) is 0 Å². The summed E-state index contributed by atoms with van der Waals surface area (Å²) in [5.41, 5.74) is 3.32. The van der Waals surface area contributed by atoms with Gasteiger partial charge in [0.1, 0.15) is 5.75 Å². The number of pyridine rings is 1. The van der Waals surface area contributed by atoms with Crippen molar-refractivity contribution in [2.45, 2.75) is 6.92 Å². The molecule has 4 nitrogen and oxygen atoms in total. The Balaban J connectivity index is 1.81. The average Bonchev–Trinajstić information content (AvgIpc) is 3.03. The highest BCUT2D eigenvalue weighted by molar-refractivity contribution is 5.84. The summed E-state index contributed by atoms with van der Waals surface area (Å²) in [5, 5.41) is 0.590. The van der Waals surface area contributed by atoms with Crippen molar-refractivity contribution >= 4 is 10.9 Å². The summed E-state index contributed by atoms with van der Waals surface area (Å²) in [6, 6.07) is 12.3. The van der Waals surface area contributed by atoms with Crippen LogP contribution in [0.15, 0.2) is 59.7 Å². The molecule has 0 saturated heterocycles. The van der Waals surface area contributed by atoms with Gasteiger partial charge in [0.2, 0.25) is 0 Å². The van der Waals surface area contributed by atoms with Gasteiger partial charge >= 0.3 is 0 Å². The molecule has 0 aliphatic heterocycles. The van der Waals surface area contributed by atoms with Gasteiger partial charge in [0.25, 0.3) is 0 Å². The Morgan fingerprint density at radius 3 is 2.30 bits per heavy atom. The lowest BCUT2D eigenvalue weighted by molar-refractivity contribution is 0.415. The fourth-order valence-corrected chi connectivity index (χ4v) is 3.14. The van der Waals surface area contributed by atoms with E-state index < -0.39 is 11.6 Å². The molecular formula is C21H16F2N2O2. The normalized spacial score (nSPS) is 11.1. The summed E-state index contributed by atoms with van der Waals surface area (Å²) in [5.74, 6) is -1.15. The number of rotatable bonds is 3. The minimum Gasteiger partial charge on any atom is -0.497 e. The van der Waals surface area contributed by atoms with E-state index in [9.17, 15) is 13.6 Å². The molecule has 27 heavy (non-hydrogen) atoms. The molecule has 0 saturated carbocycles. The molecule has 0 spiro atoms. The molecule has 2 aromatic heterocycles. The van der Waals surface area contributed by atoms with Gasteiger partial charge in [0.15, 0.2) is 17.1 Å². The number of halogens is 2. The zero-order chi connectivity index (χ0) is 19.1. The van der Waals surface area contributed by atoms with Crippen LogP contribution in [0.5, 0.6) is 5.75 Å². The van der Waals surface area contributed by atoms with E-state index in [-0.39, 0.29) is 5.43 Å². The fourth-order valence-electron chi connectivity index (χ4n) is 3.14. The van der Waals surface area contributed by atoms with Gasteiger partial charge in [-0.2, -0.15) is 0 Å². The van der Waals surface area contributed by atoms with Gasteiger partial charge in [-0.3, -0.25) is 4.79 Å². The molecule has 0 radical (unpaired) electrons. The van der Waals surface area contributed by atoms with Crippen LogP contribution in [0, 0.1) is 18.6 Å². The summed E-state index contributed by atoms with van der Waals surface area (Å²) in [4.78, 5) is 16.0. The number of fused-ring (bicyclic) bond motifs is 1. The second-order valence-electron chi connectivity index (χ2n) is 6.27. The molecule has 4 rings (SSSR count). The van der Waals surface area contributed by atoms with E-state index in [1.165, 1.54) is 4.57 Å². The molecule has 2 aromatic carbocycles. The van der Waals surface area contributed by atoms with E-state index in [0.29, 0.717) is 33.6 Å². The first-order valence-electron chi connectivity index (χ1n) is 8.32. The summed E-state index contributed by atoms with van der Waals surface area (Å²) in [7, 11) is 1.57. The third-order valence-corrected chi connectivity index (χ3v) is 4.63. The lowest BCUT2D eigenvalue weighted by atomic mass is 10.0. The van der Waals surface area contributed by atoms with E-state index >= 15 is 0 Å². The van der Waals surface area contributed by atoms with Crippen LogP contribution in [0.4, 0.5) is 8.78 Å². The summed E-state index contributed by atoms with van der Waals surface area (Å²) < 4.78 is 33.1. The molecule has 0 aliphatic rings. The van der Waals surface area contributed by atoms with Crippen LogP contribution >= 0.6 is 0 Å². The standard InChI is InChI=1S/C21H16F2N2O2/c1-12-20(24-19-9-15(27-2)7-8-16(19)21(12)26)13-3-5-14(6-4-13)25-10-17(22)18(23)11-25/h3-11H,1-2H3,(H,24,26). The van der Waals surface area contributed by atoms with Crippen molar-refractivity contribution in [3.05, 3.63) is 82.3 Å². The maximum Gasteiger partial charge on any atom is 0.192 e. The topological polar surface area (TPSA) is 47.0 Å². The number of hydrogen-bond acceptors (Lipinski definition) is 2. The molecule has 136 valence electrons. The van der Waals surface area contributed by atoms with Crippen LogP contribution in [0.2, 0.25) is 0 Å². The molecule has 0 fully saturated rings. The first kappa shape index (κ1) is 17.0. The first-order chi connectivity index (χ1) is 13.0. The SMILES string of the molecule is COc1ccc2c(=O)c(C)c(-c3ccc(-n4cc(F)c(F)c4)cc3)[nH]c2c1. The second kappa shape index (κ2) is 6.39. The van der Waals surface area contributed by atoms with Gasteiger partial charge < -0.3 is 14.3 Å². The van der Waals surface area contributed by atoms with Gasteiger partial charge in [-0.15, -0.1) is 0 Å². The monoisotopic (exact) mass is 366 g/mol. The van der Waals surface area contributed by atoms with Gasteiger partial charge in [0, 0.05) is 35.1 Å². The second-order valence-corrected chi connectivity index (χ2v) is 6.27. The Labute approximate surface area is 153 Å². The van der Waals surface area contributed by atoms with Gasteiger partial charge in [0.05, 0.1) is 18.3 Å². The van der Waals surface area contributed by atoms with Crippen LogP contribution < -0.4 is 10.2 Å². The van der Waals surface area contributed by atoms with Crippen molar-refractivity contribution in [2.75, 3.05) is 7.11 Å². The Bertz CT molecular complexity index is 1190. The van der Waals surface area contributed by atoms with Crippen molar-refractivity contribution in [2.24, 2.45) is 0 Å². The summed E-state index contributed by atoms with van der Waals surface area (Å²) in [6.07, 6.45) is 2.17. The van der Waals surface area contributed by atoms with Crippen molar-refractivity contribution in [3.63, 3.8) is 0 Å². The van der Waals surface area contributed by atoms with E-state index in [4.69, 9.17) is 4.74 Å². The lowest BCUT2D eigenvalue weighted by Gasteiger charge is -2.11. The molecule has 2 heterocycles. The number of nitrogens with zero attached hydrogens (tertiary/aromatic N) is 1. The van der Waals surface area contributed by atoms with E-state index in [0.717, 1.165) is 18.0 Å². The minimum atomic E-state index is -0.900. The maximum absolute atomic E-state index is 13.2. The molecule has 0 unspecified atom stereocenters. The average molecular weight is 366 g/mol. The van der Waals surface area contributed by atoms with Crippen LogP contribution in [-0.4, -0.2) is 16.7 Å². The smallest absolute Gasteiger partial charge is 0.192 e. The number of aromatic amines is 1. The first-order valence-corrected chi connectivity index (χ1v) is 8.32. The number of hydrogen-bond donors (Lipinski definition) is 1. The maximum atomic E-state index is 13.2. The summed E-state index contributed by atoms with van der Waals surface area (Å²) >= 11 is 0. The molecule has 4 aromatic rings.